The highest BCUT2D eigenvalue weighted by Crippen LogP contribution is 2.22. The monoisotopic (exact) mass is 511 g/mol. The van der Waals surface area contributed by atoms with E-state index < -0.39 is 16.1 Å². The second-order valence-electron chi connectivity index (χ2n) is 8.64. The fourth-order valence-corrected chi connectivity index (χ4v) is 5.41. The minimum Gasteiger partial charge on any atom is -0.467 e. The van der Waals surface area contributed by atoms with E-state index in [1.807, 2.05) is 37.3 Å². The van der Waals surface area contributed by atoms with E-state index in [1.165, 1.54) is 35.5 Å². The molecule has 192 valence electrons. The van der Waals surface area contributed by atoms with Gasteiger partial charge in [0.15, 0.2) is 0 Å². The Bertz CT molecular complexity index is 1230. The molecule has 0 saturated carbocycles. The van der Waals surface area contributed by atoms with Gasteiger partial charge in [0, 0.05) is 25.2 Å². The van der Waals surface area contributed by atoms with Crippen molar-refractivity contribution in [1.82, 2.24) is 9.21 Å². The Morgan fingerprint density at radius 1 is 1.00 bits per heavy atom. The van der Waals surface area contributed by atoms with Gasteiger partial charge in [-0.2, -0.15) is 4.31 Å². The van der Waals surface area contributed by atoms with Gasteiger partial charge < -0.3 is 14.6 Å². The number of benzene rings is 2. The van der Waals surface area contributed by atoms with Crippen LogP contribution in [0.5, 0.6) is 0 Å². The van der Waals surface area contributed by atoms with Gasteiger partial charge in [0.1, 0.15) is 5.76 Å². The van der Waals surface area contributed by atoms with Gasteiger partial charge in [0.25, 0.3) is 0 Å². The summed E-state index contributed by atoms with van der Waals surface area (Å²) in [5, 5.41) is 2.63. The molecule has 0 fully saturated rings. The van der Waals surface area contributed by atoms with Gasteiger partial charge in [-0.15, -0.1) is 0 Å². The molecule has 1 N–H and O–H groups in total. The third-order valence-corrected chi connectivity index (χ3v) is 7.92. The second kappa shape index (κ2) is 12.5. The van der Waals surface area contributed by atoms with Crippen LogP contribution in [0.4, 0.5) is 5.69 Å². The van der Waals surface area contributed by atoms with Crippen LogP contribution in [-0.4, -0.2) is 48.6 Å². The van der Waals surface area contributed by atoms with Gasteiger partial charge in [0.05, 0.1) is 24.2 Å². The molecule has 0 saturated heterocycles. The first-order valence-electron chi connectivity index (χ1n) is 11.9. The molecule has 0 bridgehead atoms. The quantitative estimate of drug-likeness (QED) is 0.391. The molecule has 2 aromatic carbocycles. The summed E-state index contributed by atoms with van der Waals surface area (Å²) >= 11 is 0. The molecule has 1 atom stereocenters. The first kappa shape index (κ1) is 27.2. The second-order valence-corrected chi connectivity index (χ2v) is 10.5. The molecule has 9 heteroatoms. The van der Waals surface area contributed by atoms with E-state index in [-0.39, 0.29) is 29.8 Å². The molecule has 0 unspecified atom stereocenters. The molecule has 1 heterocycles. The number of furan rings is 1. The average molecular weight is 512 g/mol. The summed E-state index contributed by atoms with van der Waals surface area (Å²) in [6.07, 6.45) is 2.72. The number of rotatable bonds is 12. The molecule has 2 amide bonds. The van der Waals surface area contributed by atoms with Crippen LogP contribution in [0.15, 0.2) is 82.3 Å². The number of sulfonamides is 1. The van der Waals surface area contributed by atoms with Crippen LogP contribution in [-0.2, 0) is 32.6 Å². The molecule has 0 aliphatic carbocycles. The lowest BCUT2D eigenvalue weighted by atomic mass is 10.1. The van der Waals surface area contributed by atoms with Crippen molar-refractivity contribution in [2.45, 2.75) is 51.1 Å². The van der Waals surface area contributed by atoms with Gasteiger partial charge in [-0.1, -0.05) is 37.3 Å². The number of carbonyl (C=O) groups is 2. The van der Waals surface area contributed by atoms with E-state index in [0.29, 0.717) is 30.8 Å². The standard InChI is InChI=1S/C27H33N3O5S/c1-4-21(2)30(36(33,34)26-14-12-24(13-15-26)28-22(3)31)20-27(32)29(19-25-11-8-18-35-25)17-16-23-9-6-5-7-10-23/h5-15,18,21H,4,16-17,19-20H2,1-3H3,(H,28,31)/t21-/m1/s1. The Hall–Kier alpha value is -3.43. The lowest BCUT2D eigenvalue weighted by Crippen LogP contribution is -2.46. The summed E-state index contributed by atoms with van der Waals surface area (Å²) < 4.78 is 33.8. The Labute approximate surface area is 213 Å². The van der Waals surface area contributed by atoms with E-state index in [2.05, 4.69) is 5.32 Å². The number of anilines is 1. The van der Waals surface area contributed by atoms with Crippen LogP contribution in [0.1, 0.15) is 38.5 Å². The molecule has 3 rings (SSSR count). The largest absolute Gasteiger partial charge is 0.467 e. The molecule has 3 aromatic rings. The normalized spacial score (nSPS) is 12.3. The zero-order chi connectivity index (χ0) is 26.1. The number of carbonyl (C=O) groups excluding carboxylic acids is 2. The van der Waals surface area contributed by atoms with Crippen LogP contribution in [0.3, 0.4) is 0 Å². The Kier molecular flexibility index (Phi) is 9.44. The highest BCUT2D eigenvalue weighted by Gasteiger charge is 2.32. The summed E-state index contributed by atoms with van der Waals surface area (Å²) in [7, 11) is -3.97. The zero-order valence-electron chi connectivity index (χ0n) is 20.9. The predicted molar refractivity (Wildman–Crippen MR) is 139 cm³/mol. The van der Waals surface area contributed by atoms with Crippen LogP contribution >= 0.6 is 0 Å². The van der Waals surface area contributed by atoms with E-state index in [9.17, 15) is 18.0 Å². The Morgan fingerprint density at radius 3 is 2.28 bits per heavy atom. The molecular formula is C27H33N3O5S. The SMILES string of the molecule is CC[C@@H](C)N(CC(=O)N(CCc1ccccc1)Cc1ccco1)S(=O)(=O)c1ccc(NC(C)=O)cc1. The minimum atomic E-state index is -3.97. The van der Waals surface area contributed by atoms with E-state index >= 15 is 0 Å². The number of hydrogen-bond acceptors (Lipinski definition) is 5. The van der Waals surface area contributed by atoms with Crippen molar-refractivity contribution >= 4 is 27.5 Å². The lowest BCUT2D eigenvalue weighted by molar-refractivity contribution is -0.132. The van der Waals surface area contributed by atoms with Crippen molar-refractivity contribution in [1.29, 1.82) is 0 Å². The fourth-order valence-electron chi connectivity index (χ4n) is 3.75. The minimum absolute atomic E-state index is 0.0616. The molecule has 0 aliphatic heterocycles. The number of nitrogens with zero attached hydrogens (tertiary/aromatic N) is 2. The van der Waals surface area contributed by atoms with E-state index in [4.69, 9.17) is 4.42 Å². The Morgan fingerprint density at radius 2 is 1.69 bits per heavy atom. The van der Waals surface area contributed by atoms with E-state index in [0.717, 1.165) is 5.56 Å². The molecule has 1 aromatic heterocycles. The van der Waals surface area contributed by atoms with Gasteiger partial charge in [-0.3, -0.25) is 9.59 Å². The first-order chi connectivity index (χ1) is 17.2. The van der Waals surface area contributed by atoms with Gasteiger partial charge in [-0.05, 0) is 61.7 Å². The average Bonchev–Trinajstić information content (AvgIpc) is 3.38. The zero-order valence-corrected chi connectivity index (χ0v) is 21.7. The van der Waals surface area contributed by atoms with Crippen LogP contribution in [0.2, 0.25) is 0 Å². The number of nitrogens with one attached hydrogen (secondary N) is 1. The van der Waals surface area contributed by atoms with Crippen LogP contribution in [0.25, 0.3) is 0 Å². The van der Waals surface area contributed by atoms with Gasteiger partial charge >= 0.3 is 0 Å². The molecule has 0 aliphatic rings. The van der Waals surface area contributed by atoms with E-state index in [1.54, 1.807) is 30.2 Å². The third-order valence-electron chi connectivity index (χ3n) is 5.95. The summed E-state index contributed by atoms with van der Waals surface area (Å²) in [4.78, 5) is 26.5. The molecule has 8 nitrogen and oxygen atoms in total. The number of amides is 2. The maximum atomic E-state index is 13.6. The van der Waals surface area contributed by atoms with Crippen molar-refractivity contribution < 1.29 is 22.4 Å². The maximum absolute atomic E-state index is 13.6. The summed E-state index contributed by atoms with van der Waals surface area (Å²) in [5.41, 5.74) is 1.58. The molecular weight excluding hydrogens is 478 g/mol. The lowest BCUT2D eigenvalue weighted by Gasteiger charge is -2.30. The van der Waals surface area contributed by atoms with Crippen molar-refractivity contribution in [3.63, 3.8) is 0 Å². The van der Waals surface area contributed by atoms with Gasteiger partial charge in [0.2, 0.25) is 21.8 Å². The fraction of sp³-hybridized carbons (Fsp3) is 0.333. The van der Waals surface area contributed by atoms with Crippen molar-refractivity contribution in [2.24, 2.45) is 0 Å². The first-order valence-corrected chi connectivity index (χ1v) is 13.4. The molecule has 0 spiro atoms. The number of hydrogen-bond donors (Lipinski definition) is 1. The highest BCUT2D eigenvalue weighted by molar-refractivity contribution is 7.89. The predicted octanol–water partition coefficient (Wildman–Crippen LogP) is 4.30. The smallest absolute Gasteiger partial charge is 0.243 e. The van der Waals surface area contributed by atoms with Gasteiger partial charge in [-0.25, -0.2) is 8.42 Å². The van der Waals surface area contributed by atoms with Crippen molar-refractivity contribution in [2.75, 3.05) is 18.4 Å². The highest BCUT2D eigenvalue weighted by atomic mass is 32.2. The Balaban J connectivity index is 1.82. The molecule has 0 radical (unpaired) electrons. The van der Waals surface area contributed by atoms with Crippen LogP contribution in [0, 0.1) is 0 Å². The topological polar surface area (TPSA) is 99.9 Å². The van der Waals surface area contributed by atoms with Crippen molar-refractivity contribution in [3.8, 4) is 0 Å². The molecule has 36 heavy (non-hydrogen) atoms. The van der Waals surface area contributed by atoms with Crippen LogP contribution < -0.4 is 5.32 Å². The third kappa shape index (κ3) is 7.29. The summed E-state index contributed by atoms with van der Waals surface area (Å²) in [6.45, 7) is 5.43. The summed E-state index contributed by atoms with van der Waals surface area (Å²) in [5.74, 6) is 0.0774. The maximum Gasteiger partial charge on any atom is 0.243 e. The van der Waals surface area contributed by atoms with Crippen molar-refractivity contribution in [3.05, 3.63) is 84.3 Å². The summed E-state index contributed by atoms with van der Waals surface area (Å²) in [6, 6.07) is 18.9.